The Kier molecular flexibility index (Phi) is 5.81. The zero-order valence-corrected chi connectivity index (χ0v) is 10.7. The van der Waals surface area contributed by atoms with Crippen molar-refractivity contribution < 1.29 is 4.79 Å². The molecule has 1 amide bonds. The molecule has 94 valence electrons. The van der Waals surface area contributed by atoms with Gasteiger partial charge in [0.2, 0.25) is 5.91 Å². The van der Waals surface area contributed by atoms with Crippen LogP contribution in [0.3, 0.4) is 0 Å². The van der Waals surface area contributed by atoms with Crippen LogP contribution in [0.15, 0.2) is 0 Å². The normalized spacial score (nSPS) is 20.8. The van der Waals surface area contributed by atoms with Gasteiger partial charge in [-0.25, -0.2) is 0 Å². The minimum absolute atomic E-state index is 0.235. The van der Waals surface area contributed by atoms with Gasteiger partial charge in [-0.3, -0.25) is 4.79 Å². The van der Waals surface area contributed by atoms with E-state index in [2.05, 4.69) is 18.7 Å². The number of nitrogens with two attached hydrogens (primary N) is 1. The minimum Gasteiger partial charge on any atom is -0.339 e. The van der Waals surface area contributed by atoms with Crippen LogP contribution in [-0.2, 0) is 4.79 Å². The van der Waals surface area contributed by atoms with Crippen LogP contribution in [0.5, 0.6) is 0 Å². The van der Waals surface area contributed by atoms with Gasteiger partial charge in [0.15, 0.2) is 0 Å². The molecule has 0 saturated carbocycles. The van der Waals surface area contributed by atoms with E-state index in [0.717, 1.165) is 38.8 Å². The predicted octanol–water partition coefficient (Wildman–Crippen LogP) is 2.15. The summed E-state index contributed by atoms with van der Waals surface area (Å²) in [5, 5.41) is 0. The van der Waals surface area contributed by atoms with E-state index in [4.69, 9.17) is 5.73 Å². The van der Waals surface area contributed by atoms with Crippen molar-refractivity contribution in [3.05, 3.63) is 0 Å². The number of likely N-dealkylation sites (tertiary alicyclic amines) is 1. The first-order chi connectivity index (χ1) is 7.74. The molecule has 0 bridgehead atoms. The number of amides is 1. The molecule has 0 spiro atoms. The van der Waals surface area contributed by atoms with Crippen molar-refractivity contribution in [3.8, 4) is 0 Å². The molecule has 1 aliphatic heterocycles. The first kappa shape index (κ1) is 13.5. The van der Waals surface area contributed by atoms with Crippen molar-refractivity contribution >= 4 is 5.91 Å². The highest BCUT2D eigenvalue weighted by Gasteiger charge is 2.30. The van der Waals surface area contributed by atoms with Gasteiger partial charge in [0.1, 0.15) is 0 Å². The van der Waals surface area contributed by atoms with Crippen molar-refractivity contribution in [2.75, 3.05) is 13.1 Å². The van der Waals surface area contributed by atoms with Crippen LogP contribution in [0.4, 0.5) is 0 Å². The summed E-state index contributed by atoms with van der Waals surface area (Å²) in [6.45, 7) is 5.92. The average molecular weight is 226 g/mol. The topological polar surface area (TPSA) is 46.3 Å². The largest absolute Gasteiger partial charge is 0.339 e. The summed E-state index contributed by atoms with van der Waals surface area (Å²) in [6, 6.07) is 0.469. The van der Waals surface area contributed by atoms with Crippen LogP contribution >= 0.6 is 0 Å². The Labute approximate surface area is 99.4 Å². The molecule has 1 aliphatic rings. The van der Waals surface area contributed by atoms with Gasteiger partial charge in [-0.2, -0.15) is 0 Å². The van der Waals surface area contributed by atoms with Crippen LogP contribution in [0.1, 0.15) is 52.4 Å². The molecule has 0 aliphatic carbocycles. The van der Waals surface area contributed by atoms with Crippen LogP contribution in [0, 0.1) is 5.92 Å². The maximum atomic E-state index is 12.3. The molecule has 0 aromatic carbocycles. The third kappa shape index (κ3) is 3.21. The Balaban J connectivity index is 2.52. The summed E-state index contributed by atoms with van der Waals surface area (Å²) in [5.74, 6) is 0.614. The maximum absolute atomic E-state index is 12.3. The molecule has 1 saturated heterocycles. The Morgan fingerprint density at radius 2 is 2.12 bits per heavy atom. The molecule has 3 heteroatoms. The lowest BCUT2D eigenvalue weighted by Gasteiger charge is -2.28. The van der Waals surface area contributed by atoms with Gasteiger partial charge < -0.3 is 10.6 Å². The number of carbonyl (C=O) groups excluding carboxylic acids is 1. The van der Waals surface area contributed by atoms with Crippen LogP contribution in [0.2, 0.25) is 0 Å². The first-order valence-electron chi connectivity index (χ1n) is 6.75. The number of hydrogen-bond donors (Lipinski definition) is 1. The van der Waals surface area contributed by atoms with Gasteiger partial charge >= 0.3 is 0 Å². The quantitative estimate of drug-likeness (QED) is 0.754. The van der Waals surface area contributed by atoms with E-state index in [9.17, 15) is 4.79 Å². The average Bonchev–Trinajstić information content (AvgIpc) is 2.75. The van der Waals surface area contributed by atoms with Crippen LogP contribution < -0.4 is 5.73 Å². The zero-order valence-electron chi connectivity index (χ0n) is 10.7. The maximum Gasteiger partial charge on any atom is 0.225 e. The summed E-state index contributed by atoms with van der Waals surface area (Å²) in [5.41, 5.74) is 5.54. The second-order valence-electron chi connectivity index (χ2n) is 4.77. The highest BCUT2D eigenvalue weighted by atomic mass is 16.2. The van der Waals surface area contributed by atoms with Crippen molar-refractivity contribution in [3.63, 3.8) is 0 Å². The third-order valence-corrected chi connectivity index (χ3v) is 3.74. The molecule has 16 heavy (non-hydrogen) atoms. The highest BCUT2D eigenvalue weighted by Crippen LogP contribution is 2.24. The van der Waals surface area contributed by atoms with Crippen molar-refractivity contribution in [2.45, 2.75) is 58.4 Å². The SMILES string of the molecule is CCC(CC)C(=O)N1CCCC1CCCN. The van der Waals surface area contributed by atoms with Crippen molar-refractivity contribution in [1.29, 1.82) is 0 Å². The molecular weight excluding hydrogens is 200 g/mol. The van der Waals surface area contributed by atoms with Gasteiger partial charge in [-0.15, -0.1) is 0 Å². The van der Waals surface area contributed by atoms with E-state index in [-0.39, 0.29) is 5.92 Å². The van der Waals surface area contributed by atoms with Gasteiger partial charge in [-0.1, -0.05) is 13.8 Å². The van der Waals surface area contributed by atoms with E-state index >= 15 is 0 Å². The summed E-state index contributed by atoms with van der Waals surface area (Å²) < 4.78 is 0. The fraction of sp³-hybridized carbons (Fsp3) is 0.923. The van der Waals surface area contributed by atoms with E-state index in [0.29, 0.717) is 11.9 Å². The van der Waals surface area contributed by atoms with Crippen molar-refractivity contribution in [2.24, 2.45) is 11.7 Å². The predicted molar refractivity (Wildman–Crippen MR) is 67.1 cm³/mol. The molecular formula is C13H26N2O. The fourth-order valence-corrected chi connectivity index (χ4v) is 2.65. The number of nitrogens with zero attached hydrogens (tertiary/aromatic N) is 1. The Morgan fingerprint density at radius 1 is 1.44 bits per heavy atom. The van der Waals surface area contributed by atoms with E-state index in [1.807, 2.05) is 0 Å². The lowest BCUT2D eigenvalue weighted by Crippen LogP contribution is -2.39. The molecule has 1 atom stereocenters. The van der Waals surface area contributed by atoms with E-state index < -0.39 is 0 Å². The lowest BCUT2D eigenvalue weighted by molar-refractivity contribution is -0.136. The second-order valence-corrected chi connectivity index (χ2v) is 4.77. The molecule has 1 fully saturated rings. The molecule has 0 aromatic rings. The van der Waals surface area contributed by atoms with Gasteiger partial charge in [-0.05, 0) is 45.1 Å². The Hall–Kier alpha value is -0.570. The number of hydrogen-bond acceptors (Lipinski definition) is 2. The standard InChI is InChI=1S/C13H26N2O/c1-3-11(4-2)13(16)15-10-6-8-12(15)7-5-9-14/h11-12H,3-10,14H2,1-2H3. The minimum atomic E-state index is 0.235. The number of carbonyl (C=O) groups is 1. The molecule has 2 N–H and O–H groups in total. The Morgan fingerprint density at radius 3 is 2.69 bits per heavy atom. The monoisotopic (exact) mass is 226 g/mol. The third-order valence-electron chi connectivity index (χ3n) is 3.74. The van der Waals surface area contributed by atoms with E-state index in [1.54, 1.807) is 0 Å². The van der Waals surface area contributed by atoms with Gasteiger partial charge in [0.05, 0.1) is 0 Å². The summed E-state index contributed by atoms with van der Waals surface area (Å²) in [4.78, 5) is 14.4. The molecule has 1 heterocycles. The van der Waals surface area contributed by atoms with Crippen molar-refractivity contribution in [1.82, 2.24) is 4.90 Å². The molecule has 1 rings (SSSR count). The summed E-state index contributed by atoms with van der Waals surface area (Å²) in [6.07, 6.45) is 6.40. The van der Waals surface area contributed by atoms with Gasteiger partial charge in [0.25, 0.3) is 0 Å². The highest BCUT2D eigenvalue weighted by molar-refractivity contribution is 5.79. The Bertz CT molecular complexity index is 214. The van der Waals surface area contributed by atoms with E-state index in [1.165, 1.54) is 12.8 Å². The smallest absolute Gasteiger partial charge is 0.225 e. The summed E-state index contributed by atoms with van der Waals surface area (Å²) >= 11 is 0. The van der Waals surface area contributed by atoms with Crippen LogP contribution in [0.25, 0.3) is 0 Å². The number of rotatable bonds is 6. The first-order valence-corrected chi connectivity index (χ1v) is 6.75. The zero-order chi connectivity index (χ0) is 12.0. The summed E-state index contributed by atoms with van der Waals surface area (Å²) in [7, 11) is 0. The second kappa shape index (κ2) is 6.89. The fourth-order valence-electron chi connectivity index (χ4n) is 2.65. The molecule has 3 nitrogen and oxygen atoms in total. The van der Waals surface area contributed by atoms with Gasteiger partial charge in [0, 0.05) is 18.5 Å². The van der Waals surface area contributed by atoms with Crippen LogP contribution in [-0.4, -0.2) is 29.9 Å². The molecule has 1 unspecified atom stereocenters. The molecule has 0 radical (unpaired) electrons. The lowest BCUT2D eigenvalue weighted by atomic mass is 10.0. The molecule has 0 aromatic heterocycles.